The third kappa shape index (κ3) is 3.85. The molecule has 1 unspecified atom stereocenters. The maximum absolute atomic E-state index is 6.30. The van der Waals surface area contributed by atoms with Crippen molar-refractivity contribution in [1.29, 1.82) is 0 Å². The van der Waals surface area contributed by atoms with Gasteiger partial charge in [-0.25, -0.2) is 0 Å². The molecule has 0 radical (unpaired) electrons. The first-order valence-corrected chi connectivity index (χ1v) is 7.56. The number of hydrogen-bond acceptors (Lipinski definition) is 2. The van der Waals surface area contributed by atoms with E-state index < -0.39 is 0 Å². The highest BCUT2D eigenvalue weighted by Crippen LogP contribution is 2.28. The second-order valence-electron chi connectivity index (χ2n) is 6.07. The molecule has 1 N–H and O–H groups in total. The molecule has 1 aromatic rings. The third-order valence-electron chi connectivity index (χ3n) is 3.79. The summed E-state index contributed by atoms with van der Waals surface area (Å²) < 4.78 is 0. The average molecular weight is 301 g/mol. The lowest BCUT2D eigenvalue weighted by Crippen LogP contribution is -2.47. The summed E-state index contributed by atoms with van der Waals surface area (Å²) in [4.78, 5) is 2.48. The van der Waals surface area contributed by atoms with E-state index in [0.29, 0.717) is 16.1 Å². The van der Waals surface area contributed by atoms with E-state index >= 15 is 0 Å². The summed E-state index contributed by atoms with van der Waals surface area (Å²) in [5.41, 5.74) is 1.24. The molecule has 1 aliphatic heterocycles. The monoisotopic (exact) mass is 300 g/mol. The van der Waals surface area contributed by atoms with Crippen LogP contribution in [0.15, 0.2) is 18.2 Å². The Labute approximate surface area is 126 Å². The minimum Gasteiger partial charge on any atom is -0.310 e. The Morgan fingerprint density at radius 1 is 1.37 bits per heavy atom. The van der Waals surface area contributed by atoms with Crippen LogP contribution in [0.4, 0.5) is 0 Å². The molecule has 0 amide bonds. The van der Waals surface area contributed by atoms with Crippen LogP contribution >= 0.6 is 23.2 Å². The van der Waals surface area contributed by atoms with Gasteiger partial charge in [0.25, 0.3) is 0 Å². The van der Waals surface area contributed by atoms with E-state index in [-0.39, 0.29) is 5.54 Å². The van der Waals surface area contributed by atoms with Crippen LogP contribution in [0.2, 0.25) is 10.0 Å². The first-order valence-electron chi connectivity index (χ1n) is 6.81. The molecular formula is C15H22Cl2N2. The van der Waals surface area contributed by atoms with E-state index in [0.717, 1.165) is 31.6 Å². The van der Waals surface area contributed by atoms with Crippen molar-refractivity contribution >= 4 is 23.2 Å². The van der Waals surface area contributed by atoms with E-state index in [2.05, 4.69) is 37.1 Å². The van der Waals surface area contributed by atoms with Crippen LogP contribution in [0.5, 0.6) is 0 Å². The minimum atomic E-state index is 0.135. The molecule has 0 saturated carbocycles. The zero-order chi connectivity index (χ0) is 14.0. The first-order chi connectivity index (χ1) is 8.89. The fraction of sp³-hybridized carbons (Fsp3) is 0.600. The van der Waals surface area contributed by atoms with Crippen LogP contribution in [0.25, 0.3) is 0 Å². The van der Waals surface area contributed by atoms with Crippen molar-refractivity contribution in [3.05, 3.63) is 33.8 Å². The fourth-order valence-corrected chi connectivity index (χ4v) is 3.00. The van der Waals surface area contributed by atoms with E-state index in [1.54, 1.807) is 0 Å². The first kappa shape index (κ1) is 15.1. The Hall–Kier alpha value is -0.280. The standard InChI is InChI=1S/C15H22Cl2N2/c1-11-7-8-18-15(2,3)10-19(11)9-12-5-4-6-13(16)14(12)17/h4-6,11,18H,7-10H2,1-3H3. The van der Waals surface area contributed by atoms with E-state index in [4.69, 9.17) is 23.2 Å². The Morgan fingerprint density at radius 2 is 2.11 bits per heavy atom. The summed E-state index contributed by atoms with van der Waals surface area (Å²) in [5, 5.41) is 4.92. The second kappa shape index (κ2) is 6.01. The molecule has 0 spiro atoms. The Bertz CT molecular complexity index is 446. The van der Waals surface area contributed by atoms with Crippen molar-refractivity contribution in [1.82, 2.24) is 10.2 Å². The van der Waals surface area contributed by atoms with Gasteiger partial charge in [0.2, 0.25) is 0 Å². The van der Waals surface area contributed by atoms with Gasteiger partial charge in [-0.3, -0.25) is 4.90 Å². The zero-order valence-electron chi connectivity index (χ0n) is 11.8. The summed E-state index contributed by atoms with van der Waals surface area (Å²) in [6.07, 6.45) is 1.15. The van der Waals surface area contributed by atoms with Crippen molar-refractivity contribution in [2.24, 2.45) is 0 Å². The Balaban J connectivity index is 2.18. The predicted octanol–water partition coefficient (Wildman–Crippen LogP) is 3.96. The molecular weight excluding hydrogens is 279 g/mol. The van der Waals surface area contributed by atoms with Gasteiger partial charge in [-0.05, 0) is 45.4 Å². The van der Waals surface area contributed by atoms with Crippen molar-refractivity contribution in [2.45, 2.75) is 45.3 Å². The maximum Gasteiger partial charge on any atom is 0.0637 e. The SMILES string of the molecule is CC1CCNC(C)(C)CN1Cc1cccc(Cl)c1Cl. The van der Waals surface area contributed by atoms with Crippen molar-refractivity contribution in [2.75, 3.05) is 13.1 Å². The van der Waals surface area contributed by atoms with Gasteiger partial charge in [0, 0.05) is 24.7 Å². The van der Waals surface area contributed by atoms with Crippen LogP contribution in [0.1, 0.15) is 32.8 Å². The van der Waals surface area contributed by atoms with E-state index in [1.807, 2.05) is 12.1 Å². The maximum atomic E-state index is 6.30. The highest BCUT2D eigenvalue weighted by molar-refractivity contribution is 6.42. The number of rotatable bonds is 2. The van der Waals surface area contributed by atoms with E-state index in [1.165, 1.54) is 0 Å². The molecule has 1 fully saturated rings. The van der Waals surface area contributed by atoms with Gasteiger partial charge < -0.3 is 5.32 Å². The number of hydrogen-bond donors (Lipinski definition) is 1. The largest absolute Gasteiger partial charge is 0.310 e. The molecule has 0 aliphatic carbocycles. The number of halogens is 2. The normalized spacial score (nSPS) is 24.2. The lowest BCUT2D eigenvalue weighted by Gasteiger charge is -2.33. The summed E-state index contributed by atoms with van der Waals surface area (Å²) in [6.45, 7) is 9.70. The molecule has 2 rings (SSSR count). The number of nitrogens with one attached hydrogen (secondary N) is 1. The topological polar surface area (TPSA) is 15.3 Å². The third-order valence-corrected chi connectivity index (χ3v) is 4.65. The molecule has 0 bridgehead atoms. The molecule has 1 heterocycles. The number of nitrogens with zero attached hydrogens (tertiary/aromatic N) is 1. The smallest absolute Gasteiger partial charge is 0.0637 e. The summed E-state index contributed by atoms with van der Waals surface area (Å²) in [6, 6.07) is 6.41. The van der Waals surface area contributed by atoms with Crippen LogP contribution < -0.4 is 5.32 Å². The molecule has 0 aromatic heterocycles. The molecule has 2 nitrogen and oxygen atoms in total. The van der Waals surface area contributed by atoms with Gasteiger partial charge >= 0.3 is 0 Å². The lowest BCUT2D eigenvalue weighted by atomic mass is 10.0. The van der Waals surface area contributed by atoms with Crippen LogP contribution in [0, 0.1) is 0 Å². The zero-order valence-corrected chi connectivity index (χ0v) is 13.4. The Morgan fingerprint density at radius 3 is 2.84 bits per heavy atom. The molecule has 1 aliphatic rings. The molecule has 1 saturated heterocycles. The Kier molecular flexibility index (Phi) is 4.78. The van der Waals surface area contributed by atoms with Gasteiger partial charge in [-0.1, -0.05) is 35.3 Å². The summed E-state index contributed by atoms with van der Waals surface area (Å²) >= 11 is 12.4. The molecule has 4 heteroatoms. The highest BCUT2D eigenvalue weighted by atomic mass is 35.5. The summed E-state index contributed by atoms with van der Waals surface area (Å²) in [5.74, 6) is 0. The van der Waals surface area contributed by atoms with Gasteiger partial charge in [0.15, 0.2) is 0 Å². The lowest BCUT2D eigenvalue weighted by molar-refractivity contribution is 0.173. The molecule has 1 atom stereocenters. The van der Waals surface area contributed by atoms with Gasteiger partial charge in [-0.2, -0.15) is 0 Å². The minimum absolute atomic E-state index is 0.135. The molecule has 106 valence electrons. The number of benzene rings is 1. The summed E-state index contributed by atoms with van der Waals surface area (Å²) in [7, 11) is 0. The fourth-order valence-electron chi connectivity index (χ4n) is 2.62. The van der Waals surface area contributed by atoms with Crippen LogP contribution in [-0.4, -0.2) is 29.6 Å². The highest BCUT2D eigenvalue weighted by Gasteiger charge is 2.28. The van der Waals surface area contributed by atoms with Crippen molar-refractivity contribution < 1.29 is 0 Å². The van der Waals surface area contributed by atoms with Crippen molar-refractivity contribution in [3.63, 3.8) is 0 Å². The van der Waals surface area contributed by atoms with Gasteiger partial charge in [0.1, 0.15) is 0 Å². The van der Waals surface area contributed by atoms with Gasteiger partial charge in [-0.15, -0.1) is 0 Å². The average Bonchev–Trinajstić information content (AvgIpc) is 2.45. The molecule has 1 aromatic carbocycles. The van der Waals surface area contributed by atoms with E-state index in [9.17, 15) is 0 Å². The quantitative estimate of drug-likeness (QED) is 0.889. The van der Waals surface area contributed by atoms with Gasteiger partial charge in [0.05, 0.1) is 10.0 Å². The van der Waals surface area contributed by atoms with Crippen LogP contribution in [-0.2, 0) is 6.54 Å². The van der Waals surface area contributed by atoms with Crippen molar-refractivity contribution in [3.8, 4) is 0 Å². The molecule has 19 heavy (non-hydrogen) atoms. The predicted molar refractivity (Wildman–Crippen MR) is 83.0 cm³/mol. The van der Waals surface area contributed by atoms with Crippen LogP contribution in [0.3, 0.4) is 0 Å². The second-order valence-corrected chi connectivity index (χ2v) is 6.85.